The zero-order valence-electron chi connectivity index (χ0n) is 6.73. The second-order valence-electron chi connectivity index (χ2n) is 4.01. The number of hydrogen-bond acceptors (Lipinski definition) is 1. The maximum atomic E-state index is 5.25. The summed E-state index contributed by atoms with van der Waals surface area (Å²) in [6.07, 6.45) is 5.72. The van der Waals surface area contributed by atoms with Crippen molar-refractivity contribution in [3.63, 3.8) is 0 Å². The van der Waals surface area contributed by atoms with Crippen molar-refractivity contribution >= 4 is 0 Å². The Bertz CT molecular complexity index is 127. The van der Waals surface area contributed by atoms with Gasteiger partial charge in [0.1, 0.15) is 0 Å². The van der Waals surface area contributed by atoms with Gasteiger partial charge in [-0.2, -0.15) is 0 Å². The lowest BCUT2D eigenvalue weighted by atomic mass is 9.83. The van der Waals surface area contributed by atoms with E-state index in [0.29, 0.717) is 5.41 Å². The van der Waals surface area contributed by atoms with E-state index in [9.17, 15) is 0 Å². The van der Waals surface area contributed by atoms with Gasteiger partial charge < -0.3 is 4.74 Å². The van der Waals surface area contributed by atoms with Crippen molar-refractivity contribution in [1.82, 2.24) is 0 Å². The first-order chi connectivity index (χ1) is 4.85. The summed E-state index contributed by atoms with van der Waals surface area (Å²) in [5, 5.41) is 0. The summed E-state index contributed by atoms with van der Waals surface area (Å²) < 4.78 is 5.25. The second kappa shape index (κ2) is 2.23. The largest absolute Gasteiger partial charge is 0.380 e. The molecule has 10 heavy (non-hydrogen) atoms. The van der Waals surface area contributed by atoms with Crippen LogP contribution in [0.3, 0.4) is 0 Å². The highest BCUT2D eigenvalue weighted by atomic mass is 16.5. The van der Waals surface area contributed by atoms with Crippen LogP contribution in [0, 0.1) is 11.3 Å². The minimum absolute atomic E-state index is 0.667. The molecule has 1 nitrogen and oxygen atoms in total. The summed E-state index contributed by atoms with van der Waals surface area (Å²) in [5.74, 6) is 1.02. The highest BCUT2D eigenvalue weighted by Gasteiger charge is 2.44. The molecule has 0 aromatic rings. The Kier molecular flexibility index (Phi) is 1.48. The van der Waals surface area contributed by atoms with E-state index in [2.05, 4.69) is 6.92 Å². The van der Waals surface area contributed by atoms with Crippen LogP contribution in [0.15, 0.2) is 0 Å². The van der Waals surface area contributed by atoms with E-state index in [4.69, 9.17) is 4.74 Å². The SMILES string of the molecule is CCC1CCC2(COC2)C1. The quantitative estimate of drug-likeness (QED) is 0.542. The van der Waals surface area contributed by atoms with Gasteiger partial charge in [-0.15, -0.1) is 0 Å². The predicted octanol–water partition coefficient (Wildman–Crippen LogP) is 2.21. The molecule has 2 rings (SSSR count). The Morgan fingerprint density at radius 2 is 2.30 bits per heavy atom. The summed E-state index contributed by atoms with van der Waals surface area (Å²) in [4.78, 5) is 0. The van der Waals surface area contributed by atoms with Gasteiger partial charge in [0.05, 0.1) is 13.2 Å². The molecule has 0 amide bonds. The van der Waals surface area contributed by atoms with Crippen molar-refractivity contribution in [2.45, 2.75) is 32.6 Å². The van der Waals surface area contributed by atoms with Gasteiger partial charge in [-0.3, -0.25) is 0 Å². The topological polar surface area (TPSA) is 9.23 Å². The first-order valence-electron chi connectivity index (χ1n) is 4.42. The summed E-state index contributed by atoms with van der Waals surface area (Å²) >= 11 is 0. The molecule has 1 heterocycles. The third-order valence-corrected chi connectivity index (χ3v) is 3.20. The first-order valence-corrected chi connectivity index (χ1v) is 4.42. The molecule has 2 fully saturated rings. The van der Waals surface area contributed by atoms with Crippen LogP contribution < -0.4 is 0 Å². The molecular weight excluding hydrogens is 124 g/mol. The van der Waals surface area contributed by atoms with E-state index in [1.54, 1.807) is 0 Å². The monoisotopic (exact) mass is 140 g/mol. The van der Waals surface area contributed by atoms with Crippen molar-refractivity contribution in [1.29, 1.82) is 0 Å². The van der Waals surface area contributed by atoms with Crippen LogP contribution in [0.25, 0.3) is 0 Å². The maximum Gasteiger partial charge on any atom is 0.0544 e. The van der Waals surface area contributed by atoms with E-state index in [0.717, 1.165) is 19.1 Å². The molecule has 0 aromatic heterocycles. The van der Waals surface area contributed by atoms with Crippen molar-refractivity contribution in [2.24, 2.45) is 11.3 Å². The second-order valence-corrected chi connectivity index (χ2v) is 4.01. The minimum atomic E-state index is 0.667. The molecule has 1 heteroatoms. The molecule has 1 aliphatic carbocycles. The predicted molar refractivity (Wildman–Crippen MR) is 40.9 cm³/mol. The van der Waals surface area contributed by atoms with Crippen molar-refractivity contribution in [2.75, 3.05) is 13.2 Å². The van der Waals surface area contributed by atoms with Crippen LogP contribution in [0.5, 0.6) is 0 Å². The zero-order valence-corrected chi connectivity index (χ0v) is 6.73. The molecule has 1 atom stereocenters. The maximum absolute atomic E-state index is 5.25. The molecule has 1 saturated carbocycles. The average molecular weight is 140 g/mol. The Morgan fingerprint density at radius 3 is 2.60 bits per heavy atom. The Hall–Kier alpha value is -0.0400. The molecule has 1 spiro atoms. The fourth-order valence-electron chi connectivity index (χ4n) is 2.33. The van der Waals surface area contributed by atoms with Crippen LogP contribution in [-0.2, 0) is 4.74 Å². The van der Waals surface area contributed by atoms with Crippen LogP contribution >= 0.6 is 0 Å². The van der Waals surface area contributed by atoms with E-state index in [1.807, 2.05) is 0 Å². The molecule has 0 N–H and O–H groups in total. The molecule has 2 aliphatic rings. The molecule has 1 unspecified atom stereocenters. The van der Waals surface area contributed by atoms with Crippen molar-refractivity contribution in [3.05, 3.63) is 0 Å². The lowest BCUT2D eigenvalue weighted by Crippen LogP contribution is -2.40. The lowest BCUT2D eigenvalue weighted by molar-refractivity contribution is -0.110. The molecular formula is C9H16O. The van der Waals surface area contributed by atoms with Gasteiger partial charge in [0.2, 0.25) is 0 Å². The smallest absolute Gasteiger partial charge is 0.0544 e. The number of hydrogen-bond donors (Lipinski definition) is 0. The standard InChI is InChI=1S/C9H16O/c1-2-8-3-4-9(5-8)6-10-7-9/h8H,2-7H2,1H3. The third-order valence-electron chi connectivity index (χ3n) is 3.20. The Balaban J connectivity index is 1.92. The number of ether oxygens (including phenoxy) is 1. The fraction of sp³-hybridized carbons (Fsp3) is 1.00. The Morgan fingerprint density at radius 1 is 1.50 bits per heavy atom. The van der Waals surface area contributed by atoms with E-state index < -0.39 is 0 Å². The van der Waals surface area contributed by atoms with Gasteiger partial charge in [-0.05, 0) is 25.2 Å². The first kappa shape index (κ1) is 6.66. The molecule has 0 bridgehead atoms. The van der Waals surface area contributed by atoms with Gasteiger partial charge in [0.25, 0.3) is 0 Å². The van der Waals surface area contributed by atoms with Crippen molar-refractivity contribution < 1.29 is 4.74 Å². The minimum Gasteiger partial charge on any atom is -0.380 e. The summed E-state index contributed by atoms with van der Waals surface area (Å²) in [7, 11) is 0. The molecule has 1 saturated heterocycles. The van der Waals surface area contributed by atoms with Gasteiger partial charge in [-0.25, -0.2) is 0 Å². The highest BCUT2D eigenvalue weighted by molar-refractivity contribution is 4.92. The summed E-state index contributed by atoms with van der Waals surface area (Å²) in [6, 6.07) is 0. The fourth-order valence-corrected chi connectivity index (χ4v) is 2.33. The molecule has 58 valence electrons. The molecule has 1 aliphatic heterocycles. The van der Waals surface area contributed by atoms with E-state index >= 15 is 0 Å². The van der Waals surface area contributed by atoms with E-state index in [1.165, 1.54) is 25.7 Å². The summed E-state index contributed by atoms with van der Waals surface area (Å²) in [5.41, 5.74) is 0.667. The van der Waals surface area contributed by atoms with Crippen LogP contribution in [0.1, 0.15) is 32.6 Å². The number of rotatable bonds is 1. The highest BCUT2D eigenvalue weighted by Crippen LogP contribution is 2.47. The average Bonchev–Trinajstić information content (AvgIpc) is 2.29. The zero-order chi connectivity index (χ0) is 7.03. The van der Waals surface area contributed by atoms with Crippen LogP contribution in [0.4, 0.5) is 0 Å². The van der Waals surface area contributed by atoms with Gasteiger partial charge in [0, 0.05) is 5.41 Å². The van der Waals surface area contributed by atoms with E-state index in [-0.39, 0.29) is 0 Å². The van der Waals surface area contributed by atoms with Gasteiger partial charge >= 0.3 is 0 Å². The van der Waals surface area contributed by atoms with Crippen LogP contribution in [-0.4, -0.2) is 13.2 Å². The summed E-state index contributed by atoms with van der Waals surface area (Å²) in [6.45, 7) is 4.43. The van der Waals surface area contributed by atoms with Gasteiger partial charge in [-0.1, -0.05) is 13.3 Å². The normalized spacial score (nSPS) is 36.3. The molecule has 0 aromatic carbocycles. The molecule has 0 radical (unpaired) electrons. The van der Waals surface area contributed by atoms with Crippen LogP contribution in [0.2, 0.25) is 0 Å². The lowest BCUT2D eigenvalue weighted by Gasteiger charge is -2.38. The third kappa shape index (κ3) is 0.878. The Labute approximate surface area is 62.8 Å². The van der Waals surface area contributed by atoms with Crippen molar-refractivity contribution in [3.8, 4) is 0 Å². The van der Waals surface area contributed by atoms with Gasteiger partial charge in [0.15, 0.2) is 0 Å².